The van der Waals surface area contributed by atoms with Gasteiger partial charge in [-0.25, -0.2) is 4.98 Å². The molecule has 0 atom stereocenters. The third-order valence-corrected chi connectivity index (χ3v) is 4.61. The number of halogens is 1. The van der Waals surface area contributed by atoms with Crippen molar-refractivity contribution in [1.82, 2.24) is 9.55 Å². The van der Waals surface area contributed by atoms with E-state index in [0.29, 0.717) is 5.92 Å². The van der Waals surface area contributed by atoms with Gasteiger partial charge >= 0.3 is 0 Å². The molecule has 1 aromatic heterocycles. The summed E-state index contributed by atoms with van der Waals surface area (Å²) in [5.74, 6) is 2.35. The van der Waals surface area contributed by atoms with Crippen LogP contribution in [0.2, 0.25) is 0 Å². The maximum atomic E-state index is 5.50. The summed E-state index contributed by atoms with van der Waals surface area (Å²) < 4.78 is 8.56. The van der Waals surface area contributed by atoms with Crippen molar-refractivity contribution in [2.24, 2.45) is 7.05 Å². The third-order valence-electron chi connectivity index (χ3n) is 3.70. The number of hydrogen-bond donors (Lipinski definition) is 0. The van der Waals surface area contributed by atoms with E-state index < -0.39 is 0 Å². The molecule has 108 valence electrons. The van der Waals surface area contributed by atoms with Crippen molar-refractivity contribution >= 4 is 15.9 Å². The van der Waals surface area contributed by atoms with E-state index in [0.717, 1.165) is 27.4 Å². The number of aromatic nitrogens is 2. The van der Waals surface area contributed by atoms with Crippen molar-refractivity contribution < 1.29 is 4.74 Å². The van der Waals surface area contributed by atoms with Crippen molar-refractivity contribution in [3.63, 3.8) is 0 Å². The van der Waals surface area contributed by atoms with Gasteiger partial charge in [-0.2, -0.15) is 0 Å². The molecule has 0 amide bonds. The van der Waals surface area contributed by atoms with E-state index >= 15 is 0 Å². The molecule has 0 fully saturated rings. The molecular formula is C16H21BrN2O. The van der Waals surface area contributed by atoms with E-state index in [9.17, 15) is 0 Å². The third kappa shape index (κ3) is 2.49. The first-order chi connectivity index (χ1) is 9.36. The quantitative estimate of drug-likeness (QED) is 0.818. The molecule has 0 radical (unpaired) electrons. The highest BCUT2D eigenvalue weighted by Crippen LogP contribution is 2.36. The van der Waals surface area contributed by atoms with Crippen LogP contribution in [0.25, 0.3) is 11.3 Å². The largest absolute Gasteiger partial charge is 0.496 e. The van der Waals surface area contributed by atoms with Crippen molar-refractivity contribution in [1.29, 1.82) is 0 Å². The molecule has 1 heterocycles. The molecule has 2 aromatic rings. The highest BCUT2D eigenvalue weighted by Gasteiger charge is 2.17. The minimum atomic E-state index is 0.410. The van der Waals surface area contributed by atoms with Crippen LogP contribution in [0.4, 0.5) is 0 Å². The van der Waals surface area contributed by atoms with Gasteiger partial charge in [-0.05, 0) is 59.0 Å². The van der Waals surface area contributed by atoms with Crippen molar-refractivity contribution in [2.75, 3.05) is 7.11 Å². The average Bonchev–Trinajstić information content (AvgIpc) is 2.65. The van der Waals surface area contributed by atoms with Gasteiger partial charge in [-0.3, -0.25) is 0 Å². The Morgan fingerprint density at radius 1 is 1.25 bits per heavy atom. The minimum absolute atomic E-state index is 0.410. The average molecular weight is 337 g/mol. The molecule has 0 aliphatic heterocycles. The van der Waals surface area contributed by atoms with Gasteiger partial charge < -0.3 is 9.30 Å². The number of ether oxygens (including phenoxy) is 1. The fourth-order valence-corrected chi connectivity index (χ4v) is 2.90. The number of nitrogens with zero attached hydrogens (tertiary/aromatic N) is 2. The van der Waals surface area contributed by atoms with Gasteiger partial charge in [0.1, 0.15) is 21.9 Å². The standard InChI is InChI=1S/C16H21BrN2O/c1-9(2)12-8-13(10(3)7-14(12)20-6)15-16(17)19(5)11(4)18-15/h7-9H,1-6H3. The van der Waals surface area contributed by atoms with Gasteiger partial charge in [-0.15, -0.1) is 0 Å². The number of rotatable bonds is 3. The summed E-state index contributed by atoms with van der Waals surface area (Å²) in [4.78, 5) is 4.67. The molecule has 0 bridgehead atoms. The lowest BCUT2D eigenvalue weighted by Gasteiger charge is -2.15. The summed E-state index contributed by atoms with van der Waals surface area (Å²) in [6.45, 7) is 8.46. The van der Waals surface area contributed by atoms with Gasteiger partial charge in [0.15, 0.2) is 0 Å². The number of hydrogen-bond acceptors (Lipinski definition) is 2. The second kappa shape index (κ2) is 5.60. The van der Waals surface area contributed by atoms with E-state index in [2.05, 4.69) is 53.8 Å². The molecule has 0 spiro atoms. The molecule has 20 heavy (non-hydrogen) atoms. The van der Waals surface area contributed by atoms with E-state index in [-0.39, 0.29) is 0 Å². The number of imidazole rings is 1. The molecule has 0 N–H and O–H groups in total. The SMILES string of the molecule is COc1cc(C)c(-c2nc(C)n(C)c2Br)cc1C(C)C. The molecule has 3 nitrogen and oxygen atoms in total. The Kier molecular flexibility index (Phi) is 4.23. The van der Waals surface area contributed by atoms with E-state index in [1.807, 2.05) is 18.5 Å². The van der Waals surface area contributed by atoms with Crippen LogP contribution in [0.15, 0.2) is 16.7 Å². The van der Waals surface area contributed by atoms with Crippen LogP contribution in [-0.2, 0) is 7.05 Å². The number of benzene rings is 1. The predicted octanol–water partition coefficient (Wildman–Crippen LogP) is 4.60. The Bertz CT molecular complexity index is 644. The maximum absolute atomic E-state index is 5.50. The monoisotopic (exact) mass is 336 g/mol. The Labute approximate surface area is 129 Å². The predicted molar refractivity (Wildman–Crippen MR) is 86.5 cm³/mol. The van der Waals surface area contributed by atoms with Gasteiger partial charge in [0.25, 0.3) is 0 Å². The molecule has 0 aliphatic carbocycles. The van der Waals surface area contributed by atoms with Crippen molar-refractivity contribution in [2.45, 2.75) is 33.6 Å². The Hall–Kier alpha value is -1.29. The molecular weight excluding hydrogens is 316 g/mol. The smallest absolute Gasteiger partial charge is 0.122 e. The summed E-state index contributed by atoms with van der Waals surface area (Å²) in [6, 6.07) is 4.30. The van der Waals surface area contributed by atoms with Gasteiger partial charge in [0.05, 0.1) is 7.11 Å². The highest BCUT2D eigenvalue weighted by atomic mass is 79.9. The van der Waals surface area contributed by atoms with Crippen molar-refractivity contribution in [3.8, 4) is 17.0 Å². The Balaban J connectivity index is 2.68. The molecule has 0 saturated carbocycles. The topological polar surface area (TPSA) is 27.1 Å². The fourth-order valence-electron chi connectivity index (χ4n) is 2.34. The highest BCUT2D eigenvalue weighted by molar-refractivity contribution is 9.10. The van der Waals surface area contributed by atoms with Crippen LogP contribution in [0, 0.1) is 13.8 Å². The number of methoxy groups -OCH3 is 1. The van der Waals surface area contributed by atoms with Gasteiger partial charge in [-0.1, -0.05) is 13.8 Å². The lowest BCUT2D eigenvalue weighted by Crippen LogP contribution is -1.97. The lowest BCUT2D eigenvalue weighted by molar-refractivity contribution is 0.407. The fraction of sp³-hybridized carbons (Fsp3) is 0.438. The van der Waals surface area contributed by atoms with Gasteiger partial charge in [0, 0.05) is 12.6 Å². The number of aryl methyl sites for hydroxylation is 2. The summed E-state index contributed by atoms with van der Waals surface area (Å²) in [5, 5.41) is 0. The Morgan fingerprint density at radius 3 is 2.35 bits per heavy atom. The van der Waals surface area contributed by atoms with Crippen LogP contribution in [-0.4, -0.2) is 16.7 Å². The molecule has 0 saturated heterocycles. The first kappa shape index (κ1) is 15.1. The zero-order valence-electron chi connectivity index (χ0n) is 12.9. The summed E-state index contributed by atoms with van der Waals surface area (Å²) in [5.41, 5.74) is 4.53. The normalized spacial score (nSPS) is 11.2. The van der Waals surface area contributed by atoms with E-state index in [4.69, 9.17) is 4.74 Å². The van der Waals surface area contributed by atoms with Crippen LogP contribution in [0.5, 0.6) is 5.75 Å². The first-order valence-corrected chi connectivity index (χ1v) is 7.53. The molecule has 0 unspecified atom stereocenters. The second-order valence-corrected chi connectivity index (χ2v) is 6.17. The van der Waals surface area contributed by atoms with Crippen LogP contribution in [0.3, 0.4) is 0 Å². The van der Waals surface area contributed by atoms with Crippen LogP contribution in [0.1, 0.15) is 36.7 Å². The maximum Gasteiger partial charge on any atom is 0.122 e. The van der Waals surface area contributed by atoms with Crippen LogP contribution >= 0.6 is 15.9 Å². The molecule has 1 aromatic carbocycles. The first-order valence-electron chi connectivity index (χ1n) is 6.74. The summed E-state index contributed by atoms with van der Waals surface area (Å²) in [6.07, 6.45) is 0. The van der Waals surface area contributed by atoms with E-state index in [1.165, 1.54) is 11.1 Å². The zero-order chi connectivity index (χ0) is 15.0. The molecule has 0 aliphatic rings. The molecule has 2 rings (SSSR count). The van der Waals surface area contributed by atoms with Gasteiger partial charge in [0.2, 0.25) is 0 Å². The minimum Gasteiger partial charge on any atom is -0.496 e. The molecule has 4 heteroatoms. The van der Waals surface area contributed by atoms with Crippen LogP contribution < -0.4 is 4.74 Å². The van der Waals surface area contributed by atoms with E-state index in [1.54, 1.807) is 7.11 Å². The summed E-state index contributed by atoms with van der Waals surface area (Å²) in [7, 11) is 3.74. The van der Waals surface area contributed by atoms with Crippen molar-refractivity contribution in [3.05, 3.63) is 33.7 Å². The zero-order valence-corrected chi connectivity index (χ0v) is 14.5. The Morgan fingerprint density at radius 2 is 1.90 bits per heavy atom. The second-order valence-electron chi connectivity index (χ2n) is 5.42. The lowest BCUT2D eigenvalue weighted by atomic mass is 9.95. The summed E-state index contributed by atoms with van der Waals surface area (Å²) >= 11 is 3.64.